The molecule has 0 aliphatic carbocycles. The number of carbonyl (C=O) groups is 2. The third-order valence-corrected chi connectivity index (χ3v) is 3.84. The second-order valence-electron chi connectivity index (χ2n) is 5.75. The van der Waals surface area contributed by atoms with E-state index in [-0.39, 0.29) is 5.78 Å². The number of benzene rings is 2. The molecule has 136 valence electrons. The van der Waals surface area contributed by atoms with Crippen molar-refractivity contribution in [3.05, 3.63) is 65.2 Å². The Morgan fingerprint density at radius 2 is 1.69 bits per heavy atom. The maximum Gasteiger partial charge on any atom is 0.331 e. The summed E-state index contributed by atoms with van der Waals surface area (Å²) in [7, 11) is 3.10. The number of methoxy groups -OCH3 is 2. The lowest BCUT2D eigenvalue weighted by atomic mass is 10.1. The molecule has 5 nitrogen and oxygen atoms in total. The van der Waals surface area contributed by atoms with Gasteiger partial charge in [0.05, 0.1) is 14.2 Å². The summed E-state index contributed by atoms with van der Waals surface area (Å²) in [4.78, 5) is 24.3. The lowest BCUT2D eigenvalue weighted by Crippen LogP contribution is -2.23. The molecule has 0 fully saturated rings. The maximum atomic E-state index is 12.3. The molecular weight excluding hydrogens is 332 g/mol. The molecule has 0 spiro atoms. The molecule has 0 amide bonds. The third kappa shape index (κ3) is 4.96. The van der Waals surface area contributed by atoms with Crippen LogP contribution in [-0.2, 0) is 9.53 Å². The zero-order valence-electron chi connectivity index (χ0n) is 15.3. The summed E-state index contributed by atoms with van der Waals surface area (Å²) in [5, 5.41) is 0. The largest absolute Gasteiger partial charge is 0.497 e. The molecule has 0 heterocycles. The molecule has 0 unspecified atom stereocenters. The Kier molecular flexibility index (Phi) is 6.55. The maximum absolute atomic E-state index is 12.3. The van der Waals surface area contributed by atoms with Gasteiger partial charge in [0.15, 0.2) is 6.10 Å². The molecule has 0 aliphatic rings. The topological polar surface area (TPSA) is 61.8 Å². The van der Waals surface area contributed by atoms with Crippen molar-refractivity contribution < 1.29 is 23.8 Å². The third-order valence-electron chi connectivity index (χ3n) is 3.84. The van der Waals surface area contributed by atoms with Crippen molar-refractivity contribution in [1.29, 1.82) is 0 Å². The van der Waals surface area contributed by atoms with Crippen LogP contribution in [0.4, 0.5) is 0 Å². The van der Waals surface area contributed by atoms with Crippen molar-refractivity contribution in [1.82, 2.24) is 0 Å². The summed E-state index contributed by atoms with van der Waals surface area (Å²) in [6, 6.07) is 12.4. The van der Waals surface area contributed by atoms with Gasteiger partial charge in [-0.25, -0.2) is 4.79 Å². The minimum Gasteiger partial charge on any atom is -0.497 e. The molecule has 0 aliphatic heterocycles. The Bertz CT molecular complexity index is 806. The van der Waals surface area contributed by atoms with E-state index in [1.165, 1.54) is 13.2 Å². The minimum absolute atomic E-state index is 0.242. The van der Waals surface area contributed by atoms with Crippen molar-refractivity contribution in [2.75, 3.05) is 14.2 Å². The van der Waals surface area contributed by atoms with E-state index in [9.17, 15) is 9.59 Å². The first-order valence-electron chi connectivity index (χ1n) is 8.16. The molecule has 0 N–H and O–H groups in total. The highest BCUT2D eigenvalue weighted by molar-refractivity contribution is 6.01. The smallest absolute Gasteiger partial charge is 0.331 e. The molecule has 0 saturated carbocycles. The molecule has 0 aromatic heterocycles. The first-order valence-corrected chi connectivity index (χ1v) is 8.16. The summed E-state index contributed by atoms with van der Waals surface area (Å²) in [5.41, 5.74) is 2.27. The molecule has 26 heavy (non-hydrogen) atoms. The van der Waals surface area contributed by atoms with Gasteiger partial charge in [0.25, 0.3) is 0 Å². The second-order valence-corrected chi connectivity index (χ2v) is 5.75. The van der Waals surface area contributed by atoms with Crippen molar-refractivity contribution >= 4 is 17.8 Å². The summed E-state index contributed by atoms with van der Waals surface area (Å²) < 4.78 is 15.6. The molecule has 0 radical (unpaired) electrons. The Morgan fingerprint density at radius 3 is 2.31 bits per heavy atom. The summed E-state index contributed by atoms with van der Waals surface area (Å²) in [5.74, 6) is 0.376. The van der Waals surface area contributed by atoms with Gasteiger partial charge in [-0.2, -0.15) is 0 Å². The lowest BCUT2D eigenvalue weighted by molar-refractivity contribution is -0.140. The number of hydrogen-bond donors (Lipinski definition) is 0. The fraction of sp³-hybridized carbons (Fsp3) is 0.238. The van der Waals surface area contributed by atoms with Gasteiger partial charge in [-0.15, -0.1) is 0 Å². The van der Waals surface area contributed by atoms with Gasteiger partial charge >= 0.3 is 5.97 Å². The van der Waals surface area contributed by atoms with Crippen LogP contribution in [0, 0.1) is 6.92 Å². The van der Waals surface area contributed by atoms with Crippen molar-refractivity contribution in [3.63, 3.8) is 0 Å². The van der Waals surface area contributed by atoms with Gasteiger partial charge in [0.2, 0.25) is 5.78 Å². The van der Waals surface area contributed by atoms with Gasteiger partial charge in [-0.1, -0.05) is 29.8 Å². The van der Waals surface area contributed by atoms with E-state index in [0.29, 0.717) is 22.6 Å². The predicted molar refractivity (Wildman–Crippen MR) is 99.6 cm³/mol. The second kappa shape index (κ2) is 8.85. The average Bonchev–Trinajstić information content (AvgIpc) is 2.66. The summed E-state index contributed by atoms with van der Waals surface area (Å²) in [6.07, 6.45) is 1.97. The van der Waals surface area contributed by atoms with E-state index < -0.39 is 12.1 Å². The molecule has 1 atom stereocenters. The van der Waals surface area contributed by atoms with E-state index in [1.807, 2.05) is 19.1 Å². The highest BCUT2D eigenvalue weighted by atomic mass is 16.5. The van der Waals surface area contributed by atoms with Gasteiger partial charge < -0.3 is 14.2 Å². The van der Waals surface area contributed by atoms with Crippen LogP contribution in [0.25, 0.3) is 6.08 Å². The van der Waals surface area contributed by atoms with Gasteiger partial charge in [-0.05, 0) is 32.1 Å². The zero-order chi connectivity index (χ0) is 19.1. The van der Waals surface area contributed by atoms with Crippen molar-refractivity contribution in [3.8, 4) is 11.5 Å². The van der Waals surface area contributed by atoms with Crippen LogP contribution < -0.4 is 9.47 Å². The fourth-order valence-electron chi connectivity index (χ4n) is 2.33. The van der Waals surface area contributed by atoms with Crippen LogP contribution in [0.15, 0.2) is 48.5 Å². The first kappa shape index (κ1) is 19.2. The molecule has 2 aromatic carbocycles. The lowest BCUT2D eigenvalue weighted by Gasteiger charge is -2.11. The van der Waals surface area contributed by atoms with E-state index in [1.54, 1.807) is 50.4 Å². The van der Waals surface area contributed by atoms with E-state index in [4.69, 9.17) is 14.2 Å². The van der Waals surface area contributed by atoms with E-state index >= 15 is 0 Å². The zero-order valence-corrected chi connectivity index (χ0v) is 15.3. The van der Waals surface area contributed by atoms with Gasteiger partial charge in [-0.3, -0.25) is 4.79 Å². The van der Waals surface area contributed by atoms with Crippen LogP contribution in [-0.4, -0.2) is 32.1 Å². The number of hydrogen-bond acceptors (Lipinski definition) is 5. The Balaban J connectivity index is 2.02. The normalized spacial score (nSPS) is 11.8. The van der Waals surface area contributed by atoms with Crippen LogP contribution in [0.5, 0.6) is 11.5 Å². The quantitative estimate of drug-likeness (QED) is 0.429. The van der Waals surface area contributed by atoms with Crippen LogP contribution in [0.3, 0.4) is 0 Å². The van der Waals surface area contributed by atoms with E-state index in [2.05, 4.69) is 0 Å². The number of carbonyl (C=O) groups excluding carboxylic acids is 2. The number of ketones is 1. The number of esters is 1. The fourth-order valence-corrected chi connectivity index (χ4v) is 2.33. The standard InChI is InChI=1S/C21H22O5/c1-14-5-7-17(8-6-14)21(23)15(2)26-20(22)12-10-16-9-11-18(24-3)13-19(16)25-4/h5-13,15H,1-4H3/b12-10+/t15-/m0/s1. The monoisotopic (exact) mass is 354 g/mol. The Labute approximate surface area is 153 Å². The number of rotatable bonds is 7. The van der Waals surface area contributed by atoms with Crippen molar-refractivity contribution in [2.45, 2.75) is 20.0 Å². The highest BCUT2D eigenvalue weighted by Crippen LogP contribution is 2.25. The summed E-state index contributed by atoms with van der Waals surface area (Å²) in [6.45, 7) is 3.50. The number of aryl methyl sites for hydroxylation is 1. The first-order chi connectivity index (χ1) is 12.4. The SMILES string of the molecule is COc1ccc(/C=C/C(=O)O[C@@H](C)C(=O)c2ccc(C)cc2)c(OC)c1. The molecule has 0 saturated heterocycles. The molecule has 2 rings (SSSR count). The molecule has 2 aromatic rings. The predicted octanol–water partition coefficient (Wildman–Crippen LogP) is 3.84. The minimum atomic E-state index is -0.868. The Morgan fingerprint density at radius 1 is 1.00 bits per heavy atom. The summed E-state index contributed by atoms with van der Waals surface area (Å²) >= 11 is 0. The van der Waals surface area contributed by atoms with Gasteiger partial charge in [0.1, 0.15) is 11.5 Å². The van der Waals surface area contributed by atoms with Gasteiger partial charge in [0, 0.05) is 23.3 Å². The number of ether oxygens (including phenoxy) is 3. The van der Waals surface area contributed by atoms with Crippen LogP contribution >= 0.6 is 0 Å². The van der Waals surface area contributed by atoms with Crippen molar-refractivity contribution in [2.24, 2.45) is 0 Å². The highest BCUT2D eigenvalue weighted by Gasteiger charge is 2.18. The molecule has 5 heteroatoms. The molecular formula is C21H22O5. The van der Waals surface area contributed by atoms with E-state index in [0.717, 1.165) is 5.56 Å². The van der Waals surface area contributed by atoms with Crippen LogP contribution in [0.1, 0.15) is 28.4 Å². The Hall–Kier alpha value is -3.08. The molecule has 0 bridgehead atoms. The average molecular weight is 354 g/mol. The number of Topliss-reactive ketones (excluding diaryl/α,β-unsaturated/α-hetero) is 1. The van der Waals surface area contributed by atoms with Crippen LogP contribution in [0.2, 0.25) is 0 Å².